The molecule has 8 N–H and O–H groups in total. The van der Waals surface area contributed by atoms with E-state index in [2.05, 4.69) is 34.5 Å². The molecule has 2 fully saturated rings. The van der Waals surface area contributed by atoms with Crippen LogP contribution in [0.25, 0.3) is 0 Å². The summed E-state index contributed by atoms with van der Waals surface area (Å²) < 4.78 is 0. The molecule has 1 spiro atoms. The van der Waals surface area contributed by atoms with Gasteiger partial charge >= 0.3 is 0 Å². The molecule has 13 heteroatoms. The summed E-state index contributed by atoms with van der Waals surface area (Å²) in [5, 5.41) is 29.0. The van der Waals surface area contributed by atoms with Gasteiger partial charge in [0.05, 0.1) is 12.6 Å². The third-order valence-corrected chi connectivity index (χ3v) is 8.47. The number of benzene rings is 1. The molecule has 4 aliphatic heterocycles. The fourth-order valence-electron chi connectivity index (χ4n) is 6.76. The Kier molecular flexibility index (Phi) is 5.12. The van der Waals surface area contributed by atoms with Crippen molar-refractivity contribution < 1.29 is 24.6 Å². The van der Waals surface area contributed by atoms with Crippen LogP contribution >= 0.6 is 0 Å². The van der Waals surface area contributed by atoms with E-state index in [1.807, 2.05) is 12.1 Å². The highest BCUT2D eigenvalue weighted by Gasteiger charge is 2.73. The Hall–Kier alpha value is -3.71. The van der Waals surface area contributed by atoms with Crippen molar-refractivity contribution in [3.63, 3.8) is 0 Å². The molecular weight excluding hydrogens is 492 g/mol. The number of hydrogen-bond acceptors (Lipinski definition) is 11. The smallest absolute Gasteiger partial charge is 0.252 e. The fourth-order valence-corrected chi connectivity index (χ4v) is 6.76. The highest BCUT2D eigenvalue weighted by atomic mass is 16.5. The van der Waals surface area contributed by atoms with Crippen LogP contribution in [0, 0.1) is 5.41 Å². The van der Waals surface area contributed by atoms with Crippen LogP contribution in [-0.4, -0.2) is 92.3 Å². The van der Waals surface area contributed by atoms with E-state index >= 15 is 0 Å². The highest BCUT2D eigenvalue weighted by molar-refractivity contribution is 6.02. The Bertz CT molecular complexity index is 1310. The van der Waals surface area contributed by atoms with Crippen molar-refractivity contribution in [2.24, 2.45) is 26.9 Å². The number of carbonyl (C=O) groups excluding carboxylic acids is 3. The summed E-state index contributed by atoms with van der Waals surface area (Å²) in [7, 11) is 0. The van der Waals surface area contributed by atoms with Crippen LogP contribution < -0.4 is 22.1 Å². The lowest BCUT2D eigenvalue weighted by Gasteiger charge is -2.49. The molecule has 5 aliphatic rings. The number of hydrogen-bond donors (Lipinski definition) is 6. The van der Waals surface area contributed by atoms with Gasteiger partial charge in [-0.3, -0.25) is 19.3 Å². The summed E-state index contributed by atoms with van der Waals surface area (Å²) in [4.78, 5) is 49.4. The summed E-state index contributed by atoms with van der Waals surface area (Å²) >= 11 is 0. The normalized spacial score (nSPS) is 32.4. The number of amides is 3. The number of imide groups is 1. The second-order valence-corrected chi connectivity index (χ2v) is 11.6. The summed E-state index contributed by atoms with van der Waals surface area (Å²) in [6.07, 6.45) is 1.80. The van der Waals surface area contributed by atoms with Gasteiger partial charge in [0.1, 0.15) is 12.1 Å². The summed E-state index contributed by atoms with van der Waals surface area (Å²) in [6.45, 7) is 4.08. The minimum atomic E-state index is -2.60. The Labute approximate surface area is 218 Å². The van der Waals surface area contributed by atoms with Gasteiger partial charge in [0.15, 0.2) is 17.6 Å². The minimum Gasteiger partial charge on any atom is -0.370 e. The third kappa shape index (κ3) is 3.34. The highest BCUT2D eigenvalue weighted by Crippen LogP contribution is 2.45. The third-order valence-electron chi connectivity index (χ3n) is 8.47. The van der Waals surface area contributed by atoms with Crippen LogP contribution in [0.3, 0.4) is 0 Å². The molecule has 0 bridgehead atoms. The Morgan fingerprint density at radius 1 is 1.16 bits per heavy atom. The quantitative estimate of drug-likeness (QED) is 0.186. The predicted molar refractivity (Wildman–Crippen MR) is 135 cm³/mol. The first-order chi connectivity index (χ1) is 17.8. The number of aliphatic hydroxyl groups is 2. The molecule has 1 aromatic rings. The Morgan fingerprint density at radius 2 is 1.87 bits per heavy atom. The van der Waals surface area contributed by atoms with Crippen molar-refractivity contribution >= 4 is 29.6 Å². The summed E-state index contributed by atoms with van der Waals surface area (Å²) in [5.41, 5.74) is 13.1. The lowest BCUT2D eigenvalue weighted by atomic mass is 9.84. The van der Waals surface area contributed by atoms with Crippen molar-refractivity contribution in [1.82, 2.24) is 20.4 Å². The molecule has 6 rings (SSSR count). The molecular formula is C25H32N8O5. The fraction of sp³-hybridized carbons (Fsp3) is 0.560. The Balaban J connectivity index is 1.31. The van der Waals surface area contributed by atoms with E-state index in [1.54, 1.807) is 6.07 Å². The van der Waals surface area contributed by atoms with Gasteiger partial charge in [0.2, 0.25) is 17.6 Å². The second-order valence-electron chi connectivity index (χ2n) is 11.6. The molecule has 0 saturated carbocycles. The average molecular weight is 525 g/mol. The summed E-state index contributed by atoms with van der Waals surface area (Å²) in [6, 6.07) is 2.50. The first kappa shape index (κ1) is 24.6. The molecule has 0 radical (unpaired) electrons. The SMILES string of the molecule is CC1(C)Cc2cccc(C(=O)NC3CN4C(N)=N[C@@H](CN5C(=O)CCC5=O)C5N=C(N)NC54C3(O)O)c2C1. The first-order valence-electron chi connectivity index (χ1n) is 12.8. The topological polar surface area (TPSA) is 199 Å². The van der Waals surface area contributed by atoms with E-state index < -0.39 is 35.5 Å². The monoisotopic (exact) mass is 524 g/mol. The van der Waals surface area contributed by atoms with Crippen LogP contribution in [0.2, 0.25) is 0 Å². The van der Waals surface area contributed by atoms with Crippen LogP contribution in [-0.2, 0) is 22.4 Å². The van der Waals surface area contributed by atoms with E-state index in [9.17, 15) is 24.6 Å². The maximum Gasteiger partial charge on any atom is 0.252 e. The molecule has 3 amide bonds. The molecule has 4 atom stereocenters. The number of nitrogens with zero attached hydrogens (tertiary/aromatic N) is 4. The molecule has 1 aliphatic carbocycles. The van der Waals surface area contributed by atoms with Gasteiger partial charge < -0.3 is 37.2 Å². The molecule has 4 heterocycles. The molecule has 1 aromatic carbocycles. The van der Waals surface area contributed by atoms with Crippen molar-refractivity contribution in [3.8, 4) is 0 Å². The van der Waals surface area contributed by atoms with Crippen molar-refractivity contribution in [2.75, 3.05) is 13.1 Å². The Morgan fingerprint density at radius 3 is 2.58 bits per heavy atom. The predicted octanol–water partition coefficient (Wildman–Crippen LogP) is -2.26. The number of carbonyl (C=O) groups is 3. The van der Waals surface area contributed by atoms with Crippen LogP contribution in [0.1, 0.15) is 48.2 Å². The average Bonchev–Trinajstić information content (AvgIpc) is 3.52. The lowest BCUT2D eigenvalue weighted by molar-refractivity contribution is -0.230. The van der Waals surface area contributed by atoms with Crippen LogP contribution in [0.5, 0.6) is 0 Å². The number of likely N-dealkylation sites (tertiary alicyclic amines) is 1. The first-order valence-corrected chi connectivity index (χ1v) is 12.8. The molecule has 13 nitrogen and oxygen atoms in total. The zero-order valence-electron chi connectivity index (χ0n) is 21.3. The number of aliphatic imine (C=N–C) groups is 2. The minimum absolute atomic E-state index is 0.0251. The number of nitrogens with two attached hydrogens (primary N) is 2. The lowest BCUT2D eigenvalue weighted by Crippen LogP contribution is -2.78. The molecule has 0 aromatic heterocycles. The van der Waals surface area contributed by atoms with Crippen LogP contribution in [0.4, 0.5) is 0 Å². The number of fused-ring (bicyclic) bond motifs is 1. The van der Waals surface area contributed by atoms with Gasteiger partial charge in [0.25, 0.3) is 5.91 Å². The molecule has 38 heavy (non-hydrogen) atoms. The summed E-state index contributed by atoms with van der Waals surface area (Å²) in [5.74, 6) is -3.83. The van der Waals surface area contributed by atoms with E-state index in [-0.39, 0.29) is 55.1 Å². The van der Waals surface area contributed by atoms with Gasteiger partial charge in [-0.05, 0) is 35.4 Å². The maximum atomic E-state index is 13.5. The van der Waals surface area contributed by atoms with Gasteiger partial charge in [-0.25, -0.2) is 9.98 Å². The molecule has 2 saturated heterocycles. The van der Waals surface area contributed by atoms with E-state index in [4.69, 9.17) is 11.5 Å². The van der Waals surface area contributed by atoms with E-state index in [0.717, 1.165) is 28.9 Å². The molecule has 3 unspecified atom stereocenters. The van der Waals surface area contributed by atoms with E-state index in [0.29, 0.717) is 5.56 Å². The number of guanidine groups is 2. The van der Waals surface area contributed by atoms with Crippen LogP contribution in [0.15, 0.2) is 28.2 Å². The number of nitrogens with one attached hydrogen (secondary N) is 2. The van der Waals surface area contributed by atoms with Crippen molar-refractivity contribution in [2.45, 2.75) is 69.1 Å². The number of rotatable bonds is 4. The maximum absolute atomic E-state index is 13.5. The van der Waals surface area contributed by atoms with E-state index in [1.165, 1.54) is 4.90 Å². The molecule has 202 valence electrons. The zero-order valence-corrected chi connectivity index (χ0v) is 21.3. The van der Waals surface area contributed by atoms with Gasteiger partial charge in [-0.15, -0.1) is 0 Å². The van der Waals surface area contributed by atoms with Gasteiger partial charge in [-0.1, -0.05) is 26.0 Å². The van der Waals surface area contributed by atoms with Crippen molar-refractivity contribution in [1.29, 1.82) is 0 Å². The largest absolute Gasteiger partial charge is 0.370 e. The second kappa shape index (κ2) is 7.90. The van der Waals surface area contributed by atoms with Gasteiger partial charge in [0, 0.05) is 24.9 Å². The van der Waals surface area contributed by atoms with Crippen molar-refractivity contribution in [3.05, 3.63) is 34.9 Å². The zero-order chi connectivity index (χ0) is 27.2. The van der Waals surface area contributed by atoms with Gasteiger partial charge in [-0.2, -0.15) is 0 Å². The standard InChI is InChI=1S/C25H32N8O5/c1-23(2)8-12-4-3-5-13(14(12)9-23)20(36)29-16-11-33-22(27)28-15(10-32-17(34)6-7-18(32)35)19-24(33,25(16,37)38)31-21(26)30-19/h3-5,15-16,19,37-38H,6-11H2,1-2H3,(H2,27,28)(H,29,36)(H3,26,30,31)/t15-,16?,19?,24?/m0/s1.